The van der Waals surface area contributed by atoms with Crippen molar-refractivity contribution in [1.29, 1.82) is 0 Å². The summed E-state index contributed by atoms with van der Waals surface area (Å²) >= 11 is 5.55. The number of hydrogen-bond acceptors (Lipinski definition) is 4. The van der Waals surface area contributed by atoms with Gasteiger partial charge in [-0.15, -0.1) is 0 Å². The lowest BCUT2D eigenvalue weighted by Crippen LogP contribution is -2.17. The molecule has 0 saturated carbocycles. The third-order valence-electron chi connectivity index (χ3n) is 2.29. The molecule has 5 nitrogen and oxygen atoms in total. The highest BCUT2D eigenvalue weighted by Crippen LogP contribution is 2.28. The van der Waals surface area contributed by atoms with E-state index in [4.69, 9.17) is 16.3 Å². The second-order valence-electron chi connectivity index (χ2n) is 4.16. The summed E-state index contributed by atoms with van der Waals surface area (Å²) in [5.74, 6) is -2.35. The highest BCUT2D eigenvalue weighted by molar-refractivity contribution is 6.30. The second-order valence-corrected chi connectivity index (χ2v) is 4.52. The van der Waals surface area contributed by atoms with Gasteiger partial charge in [-0.05, 0) is 13.8 Å². The first-order valence-corrected chi connectivity index (χ1v) is 5.92. The van der Waals surface area contributed by atoms with Gasteiger partial charge in [-0.25, -0.2) is 18.2 Å². The number of ether oxygens (including phenoxy) is 1. The van der Waals surface area contributed by atoms with E-state index in [0.717, 1.165) is 0 Å². The lowest BCUT2D eigenvalue weighted by Gasteiger charge is -2.12. The number of aromatic nitrogens is 3. The maximum absolute atomic E-state index is 13.8. The van der Waals surface area contributed by atoms with E-state index in [1.165, 1.54) is 0 Å². The fourth-order valence-electron chi connectivity index (χ4n) is 1.55. The molecular weight excluding hydrogens is 299 g/mol. The van der Waals surface area contributed by atoms with Crippen molar-refractivity contribution in [3.63, 3.8) is 0 Å². The monoisotopic (exact) mass is 307 g/mol. The zero-order valence-corrected chi connectivity index (χ0v) is 11.1. The molecule has 0 aromatic carbocycles. The third-order valence-corrected chi connectivity index (χ3v) is 2.54. The predicted octanol–water partition coefficient (Wildman–Crippen LogP) is 2.84. The normalized spacial score (nSPS) is 11.6. The van der Waals surface area contributed by atoms with Gasteiger partial charge in [-0.3, -0.25) is 4.79 Å². The molecule has 1 N–H and O–H groups in total. The molecule has 9 heteroatoms. The molecule has 0 aliphatic heterocycles. The molecule has 20 heavy (non-hydrogen) atoms. The van der Waals surface area contributed by atoms with Gasteiger partial charge >= 0.3 is 0 Å². The van der Waals surface area contributed by atoms with Crippen LogP contribution in [0.25, 0.3) is 10.9 Å². The number of alkyl halides is 2. The summed E-state index contributed by atoms with van der Waals surface area (Å²) in [5, 5.41) is -0.962. The average Bonchev–Trinajstić information content (AvgIpc) is 2.33. The molecule has 0 aliphatic rings. The number of hydrogen-bond donors (Lipinski definition) is 1. The number of nitrogens with zero attached hydrogens (tertiary/aromatic N) is 2. The van der Waals surface area contributed by atoms with Gasteiger partial charge in [0.15, 0.2) is 16.8 Å². The molecule has 2 heterocycles. The first kappa shape index (κ1) is 14.6. The summed E-state index contributed by atoms with van der Waals surface area (Å²) in [5.41, 5.74) is -1.57. The van der Waals surface area contributed by atoms with Crippen molar-refractivity contribution < 1.29 is 17.9 Å². The summed E-state index contributed by atoms with van der Waals surface area (Å²) in [6.45, 7) is 3.31. The lowest BCUT2D eigenvalue weighted by atomic mass is 10.3. The van der Waals surface area contributed by atoms with Gasteiger partial charge < -0.3 is 9.72 Å². The smallest absolute Gasteiger partial charge is 0.295 e. The van der Waals surface area contributed by atoms with Crippen LogP contribution >= 0.6 is 11.6 Å². The summed E-state index contributed by atoms with van der Waals surface area (Å²) in [6, 6.07) is 0. The van der Waals surface area contributed by atoms with Gasteiger partial charge in [0, 0.05) is 0 Å². The molecule has 108 valence electrons. The molecule has 0 amide bonds. The summed E-state index contributed by atoms with van der Waals surface area (Å²) in [6.07, 6.45) is -3.42. The van der Waals surface area contributed by atoms with E-state index in [1.807, 2.05) is 4.98 Å². The number of fused-ring (bicyclic) bond motifs is 1. The Morgan fingerprint density at radius 3 is 2.50 bits per heavy atom. The molecule has 0 radical (unpaired) electrons. The van der Waals surface area contributed by atoms with Crippen LogP contribution in [0.15, 0.2) is 4.79 Å². The molecule has 0 atom stereocenters. The Bertz CT molecular complexity index is 718. The first-order valence-electron chi connectivity index (χ1n) is 5.55. The molecular formula is C11H9ClF3N3O2. The van der Waals surface area contributed by atoms with Gasteiger partial charge in [0.1, 0.15) is 10.9 Å². The minimum Gasteiger partial charge on any atom is -0.474 e. The van der Waals surface area contributed by atoms with Crippen molar-refractivity contribution in [2.24, 2.45) is 0 Å². The van der Waals surface area contributed by atoms with Gasteiger partial charge in [0.25, 0.3) is 12.0 Å². The van der Waals surface area contributed by atoms with Crippen molar-refractivity contribution in [3.05, 3.63) is 27.1 Å². The Morgan fingerprint density at radius 1 is 1.30 bits per heavy atom. The number of halogens is 4. The van der Waals surface area contributed by atoms with Crippen LogP contribution in [0.5, 0.6) is 5.88 Å². The van der Waals surface area contributed by atoms with Crippen LogP contribution in [0.2, 0.25) is 5.15 Å². The van der Waals surface area contributed by atoms with E-state index >= 15 is 0 Å². The number of aromatic amines is 1. The minimum atomic E-state index is -3.05. The van der Waals surface area contributed by atoms with Gasteiger partial charge in [-0.2, -0.15) is 4.98 Å². The van der Waals surface area contributed by atoms with E-state index in [9.17, 15) is 18.0 Å². The van der Waals surface area contributed by atoms with Crippen molar-refractivity contribution in [2.45, 2.75) is 26.4 Å². The van der Waals surface area contributed by atoms with E-state index in [0.29, 0.717) is 0 Å². The summed E-state index contributed by atoms with van der Waals surface area (Å²) in [4.78, 5) is 20.7. The molecule has 2 aromatic heterocycles. The zero-order valence-electron chi connectivity index (χ0n) is 10.4. The average molecular weight is 308 g/mol. The highest BCUT2D eigenvalue weighted by Gasteiger charge is 2.22. The minimum absolute atomic E-state index is 0.254. The van der Waals surface area contributed by atoms with Crippen LogP contribution < -0.4 is 10.3 Å². The Balaban J connectivity index is 2.84. The zero-order chi connectivity index (χ0) is 15.0. The van der Waals surface area contributed by atoms with Crippen molar-refractivity contribution in [3.8, 4) is 5.88 Å². The molecule has 0 saturated heterocycles. The highest BCUT2D eigenvalue weighted by atomic mass is 35.5. The van der Waals surface area contributed by atoms with Crippen LogP contribution in [-0.4, -0.2) is 21.1 Å². The fourth-order valence-corrected chi connectivity index (χ4v) is 1.72. The largest absolute Gasteiger partial charge is 0.474 e. The summed E-state index contributed by atoms with van der Waals surface area (Å²) < 4.78 is 44.2. The fraction of sp³-hybridized carbons (Fsp3) is 0.364. The Morgan fingerprint density at radius 2 is 1.95 bits per heavy atom. The Labute approximate surface area is 115 Å². The summed E-state index contributed by atoms with van der Waals surface area (Å²) in [7, 11) is 0. The standard InChI is InChI=1S/C11H9ClF3N3O2/c1-3(2)20-11-4-6(5(13)7(12)17-11)16-9(8(14)15)18-10(4)19/h3,8H,1-2H3,(H,16,18,19). The Kier molecular flexibility index (Phi) is 3.85. The van der Waals surface area contributed by atoms with Crippen LogP contribution in [0.3, 0.4) is 0 Å². The number of pyridine rings is 1. The topological polar surface area (TPSA) is 67.9 Å². The van der Waals surface area contributed by atoms with Crippen LogP contribution in [0.4, 0.5) is 13.2 Å². The SMILES string of the molecule is CC(C)Oc1nc(Cl)c(F)c2nc(C(F)F)[nH]c(=O)c12. The quantitative estimate of drug-likeness (QED) is 0.885. The molecule has 0 unspecified atom stereocenters. The van der Waals surface area contributed by atoms with Crippen LogP contribution in [0, 0.1) is 5.82 Å². The molecule has 2 rings (SSSR count). The van der Waals surface area contributed by atoms with E-state index in [1.54, 1.807) is 13.8 Å². The van der Waals surface area contributed by atoms with E-state index in [2.05, 4.69) is 9.97 Å². The van der Waals surface area contributed by atoms with E-state index < -0.39 is 34.3 Å². The second kappa shape index (κ2) is 5.28. The number of nitrogens with one attached hydrogen (secondary N) is 1. The van der Waals surface area contributed by atoms with Gasteiger partial charge in [-0.1, -0.05) is 11.6 Å². The first-order chi connectivity index (χ1) is 9.31. The number of H-pyrrole nitrogens is 1. The lowest BCUT2D eigenvalue weighted by molar-refractivity contribution is 0.140. The van der Waals surface area contributed by atoms with Gasteiger partial charge in [0.05, 0.1) is 6.10 Å². The molecule has 0 bridgehead atoms. The maximum Gasteiger partial charge on any atom is 0.295 e. The molecule has 0 fully saturated rings. The van der Waals surface area contributed by atoms with Gasteiger partial charge in [0.2, 0.25) is 5.88 Å². The molecule has 2 aromatic rings. The van der Waals surface area contributed by atoms with Crippen molar-refractivity contribution in [1.82, 2.24) is 15.0 Å². The van der Waals surface area contributed by atoms with Crippen molar-refractivity contribution in [2.75, 3.05) is 0 Å². The van der Waals surface area contributed by atoms with Crippen molar-refractivity contribution >= 4 is 22.5 Å². The third kappa shape index (κ3) is 2.55. The molecule has 0 spiro atoms. The predicted molar refractivity (Wildman–Crippen MR) is 65.8 cm³/mol. The van der Waals surface area contributed by atoms with E-state index in [-0.39, 0.29) is 17.4 Å². The molecule has 0 aliphatic carbocycles. The Hall–Kier alpha value is -1.83. The maximum atomic E-state index is 13.8. The van der Waals surface area contributed by atoms with Crippen LogP contribution in [-0.2, 0) is 0 Å². The van der Waals surface area contributed by atoms with Crippen LogP contribution in [0.1, 0.15) is 26.1 Å². The number of rotatable bonds is 3.